The third-order valence-corrected chi connectivity index (χ3v) is 2.89. The van der Waals surface area contributed by atoms with Crippen LogP contribution in [0.1, 0.15) is 15.9 Å². The van der Waals surface area contributed by atoms with Crippen molar-refractivity contribution in [1.82, 2.24) is 0 Å². The number of rotatable bonds is 3. The molecule has 0 bridgehead atoms. The Hall–Kier alpha value is -2.79. The van der Waals surface area contributed by atoms with Gasteiger partial charge in [-0.2, -0.15) is 0 Å². The second-order valence-corrected chi connectivity index (χ2v) is 4.29. The summed E-state index contributed by atoms with van der Waals surface area (Å²) in [5, 5.41) is 0. The monoisotopic (exact) mass is 261 g/mol. The summed E-state index contributed by atoms with van der Waals surface area (Å²) in [5.74, 6) is 2.45. The van der Waals surface area contributed by atoms with Crippen LogP contribution in [-0.4, -0.2) is 12.8 Å². The van der Waals surface area contributed by atoms with Gasteiger partial charge in [-0.15, -0.1) is 0 Å². The first-order chi connectivity index (χ1) is 9.70. The highest BCUT2D eigenvalue weighted by atomic mass is 16.1. The molecule has 0 N–H and O–H groups in total. The van der Waals surface area contributed by atoms with Crippen molar-refractivity contribution in [2.75, 3.05) is 11.9 Å². The van der Waals surface area contributed by atoms with E-state index in [1.807, 2.05) is 49.5 Å². The molecule has 2 aromatic carbocycles. The molecule has 0 aliphatic rings. The molecule has 98 valence electrons. The van der Waals surface area contributed by atoms with Gasteiger partial charge in [0.25, 0.3) is 0 Å². The molecule has 2 nitrogen and oxygen atoms in total. The Morgan fingerprint density at radius 1 is 1.10 bits per heavy atom. The van der Waals surface area contributed by atoms with Gasteiger partial charge < -0.3 is 4.90 Å². The van der Waals surface area contributed by atoms with Crippen molar-refractivity contribution in [2.24, 2.45) is 0 Å². The lowest BCUT2D eigenvalue weighted by atomic mass is 10.1. The Kier molecular flexibility index (Phi) is 4.36. The number of benzene rings is 2. The predicted octanol–water partition coefficient (Wildman–Crippen LogP) is 3.61. The second-order valence-electron chi connectivity index (χ2n) is 4.29. The summed E-state index contributed by atoms with van der Waals surface area (Å²) >= 11 is 0. The fourth-order valence-corrected chi connectivity index (χ4v) is 1.69. The van der Waals surface area contributed by atoms with Gasteiger partial charge in [0, 0.05) is 30.3 Å². The molecule has 0 saturated carbocycles. The first kappa shape index (κ1) is 13.6. The first-order valence-electron chi connectivity index (χ1n) is 6.28. The van der Waals surface area contributed by atoms with Gasteiger partial charge in [-0.05, 0) is 29.8 Å². The van der Waals surface area contributed by atoms with Crippen LogP contribution in [0.3, 0.4) is 0 Å². The quantitative estimate of drug-likeness (QED) is 0.478. The van der Waals surface area contributed by atoms with E-state index in [-0.39, 0.29) is 5.78 Å². The molecule has 0 radical (unpaired) electrons. The highest BCUT2D eigenvalue weighted by molar-refractivity contribution is 6.09. The normalized spacial score (nSPS) is 9.25. The van der Waals surface area contributed by atoms with Crippen molar-refractivity contribution in [3.05, 3.63) is 72.3 Å². The zero-order chi connectivity index (χ0) is 14.4. The summed E-state index contributed by atoms with van der Waals surface area (Å²) < 4.78 is 0. The van der Waals surface area contributed by atoms with Crippen molar-refractivity contribution in [3.63, 3.8) is 0 Å². The highest BCUT2D eigenvalue weighted by Crippen LogP contribution is 2.10. The van der Waals surface area contributed by atoms with Crippen molar-refractivity contribution in [2.45, 2.75) is 0 Å². The average Bonchev–Trinajstić information content (AvgIpc) is 2.53. The minimum atomic E-state index is -0.191. The van der Waals surface area contributed by atoms with Gasteiger partial charge in [-0.25, -0.2) is 0 Å². The molecule has 0 amide bonds. The lowest BCUT2D eigenvalue weighted by Crippen LogP contribution is -2.09. The topological polar surface area (TPSA) is 20.3 Å². The minimum absolute atomic E-state index is 0.191. The molecule has 2 aromatic rings. The van der Waals surface area contributed by atoms with Gasteiger partial charge in [0.1, 0.15) is 0 Å². The molecule has 2 rings (SSSR count). The van der Waals surface area contributed by atoms with E-state index >= 15 is 0 Å². The van der Waals surface area contributed by atoms with Crippen LogP contribution in [0.4, 0.5) is 5.69 Å². The number of hydrogen-bond donors (Lipinski definition) is 0. The molecule has 0 spiro atoms. The van der Waals surface area contributed by atoms with Crippen LogP contribution in [0.5, 0.6) is 0 Å². The molecule has 0 heterocycles. The maximum atomic E-state index is 12.0. The maximum absolute atomic E-state index is 12.0. The zero-order valence-corrected chi connectivity index (χ0v) is 11.3. The smallest absolute Gasteiger partial charge is 0.237 e. The van der Waals surface area contributed by atoms with Crippen LogP contribution in [-0.2, 0) is 0 Å². The fourth-order valence-electron chi connectivity index (χ4n) is 1.69. The summed E-state index contributed by atoms with van der Waals surface area (Å²) in [6, 6.07) is 19.8. The van der Waals surface area contributed by atoms with Gasteiger partial charge in [-0.3, -0.25) is 4.79 Å². The van der Waals surface area contributed by atoms with Crippen molar-refractivity contribution in [3.8, 4) is 12.0 Å². The SMILES string of the molecule is C=Cc1ccc(C(=O)C#CN(C)c2ccccc2)cc1. The number of nitrogens with zero attached hydrogens (tertiary/aromatic N) is 1. The average molecular weight is 261 g/mol. The molecule has 0 aromatic heterocycles. The van der Waals surface area contributed by atoms with Gasteiger partial charge in [0.05, 0.1) is 0 Å². The van der Waals surface area contributed by atoms with Crippen molar-refractivity contribution < 1.29 is 4.79 Å². The van der Waals surface area contributed by atoms with E-state index < -0.39 is 0 Å². The summed E-state index contributed by atoms with van der Waals surface area (Å²) in [6.07, 6.45) is 1.74. The molecule has 0 aliphatic heterocycles. The standard InChI is InChI=1S/C18H15NO/c1-3-15-9-11-16(12-10-15)18(20)13-14-19(2)17-7-5-4-6-8-17/h3-12H,1H2,2H3. The van der Waals surface area contributed by atoms with Crippen molar-refractivity contribution >= 4 is 17.5 Å². The molecule has 0 fully saturated rings. The van der Waals surface area contributed by atoms with Gasteiger partial charge in [0.2, 0.25) is 5.78 Å². The Labute approximate surface area is 119 Å². The third-order valence-electron chi connectivity index (χ3n) is 2.89. The van der Waals surface area contributed by atoms with Gasteiger partial charge >= 0.3 is 0 Å². The summed E-state index contributed by atoms with van der Waals surface area (Å²) in [5.41, 5.74) is 2.52. The number of anilines is 1. The van der Waals surface area contributed by atoms with E-state index in [2.05, 4.69) is 18.5 Å². The van der Waals surface area contributed by atoms with E-state index in [0.29, 0.717) is 5.56 Å². The lowest BCUT2D eigenvalue weighted by Gasteiger charge is -2.09. The number of carbonyl (C=O) groups is 1. The number of hydrogen-bond acceptors (Lipinski definition) is 2. The number of carbonyl (C=O) groups excluding carboxylic acids is 1. The van der Waals surface area contributed by atoms with Crippen LogP contribution in [0.2, 0.25) is 0 Å². The highest BCUT2D eigenvalue weighted by Gasteiger charge is 2.02. The van der Waals surface area contributed by atoms with E-state index in [4.69, 9.17) is 0 Å². The molecule has 0 saturated heterocycles. The summed E-state index contributed by atoms with van der Waals surface area (Å²) in [6.45, 7) is 3.68. The van der Waals surface area contributed by atoms with Crippen LogP contribution < -0.4 is 4.90 Å². The van der Waals surface area contributed by atoms with Crippen molar-refractivity contribution in [1.29, 1.82) is 0 Å². The fraction of sp³-hybridized carbons (Fsp3) is 0.0556. The summed E-state index contributed by atoms with van der Waals surface area (Å²) in [7, 11) is 1.83. The Morgan fingerprint density at radius 2 is 1.75 bits per heavy atom. The zero-order valence-electron chi connectivity index (χ0n) is 11.3. The third kappa shape index (κ3) is 3.37. The molecule has 20 heavy (non-hydrogen) atoms. The Morgan fingerprint density at radius 3 is 2.35 bits per heavy atom. The largest absolute Gasteiger partial charge is 0.304 e. The van der Waals surface area contributed by atoms with Gasteiger partial charge in [-0.1, -0.05) is 43.0 Å². The van der Waals surface area contributed by atoms with E-state index in [0.717, 1.165) is 11.3 Å². The predicted molar refractivity (Wildman–Crippen MR) is 83.5 cm³/mol. The van der Waals surface area contributed by atoms with E-state index in [9.17, 15) is 4.79 Å². The van der Waals surface area contributed by atoms with E-state index in [1.165, 1.54) is 0 Å². The molecule has 2 heteroatoms. The van der Waals surface area contributed by atoms with Crippen LogP contribution >= 0.6 is 0 Å². The lowest BCUT2D eigenvalue weighted by molar-refractivity contribution is 0.105. The number of para-hydroxylation sites is 1. The number of ketones is 1. The minimum Gasteiger partial charge on any atom is -0.304 e. The van der Waals surface area contributed by atoms with Crippen LogP contribution in [0.25, 0.3) is 6.08 Å². The van der Waals surface area contributed by atoms with Crippen LogP contribution in [0.15, 0.2) is 61.2 Å². The van der Waals surface area contributed by atoms with Crippen LogP contribution in [0, 0.1) is 12.0 Å². The Balaban J connectivity index is 2.11. The second kappa shape index (κ2) is 6.40. The molecular formula is C18H15NO. The number of Topliss-reactive ketones (excluding diaryl/α,β-unsaturated/α-hetero) is 1. The molecule has 0 atom stereocenters. The van der Waals surface area contributed by atoms with E-state index in [1.54, 1.807) is 23.1 Å². The summed E-state index contributed by atoms with van der Waals surface area (Å²) in [4.78, 5) is 13.7. The maximum Gasteiger partial charge on any atom is 0.237 e. The van der Waals surface area contributed by atoms with Gasteiger partial charge in [0.15, 0.2) is 0 Å². The molecular weight excluding hydrogens is 246 g/mol. The Bertz CT molecular complexity index is 660. The molecule has 0 unspecified atom stereocenters. The molecule has 0 aliphatic carbocycles. The first-order valence-corrected chi connectivity index (χ1v) is 6.28.